The van der Waals surface area contributed by atoms with Crippen molar-refractivity contribution in [2.45, 2.75) is 12.6 Å². The van der Waals surface area contributed by atoms with E-state index in [1.165, 1.54) is 25.3 Å². The number of carbonyl (C=O) groups excluding carboxylic acids is 1. The van der Waals surface area contributed by atoms with E-state index < -0.39 is 17.6 Å². The number of rotatable bonds is 7. The van der Waals surface area contributed by atoms with Crippen LogP contribution in [0, 0.1) is 5.92 Å². The number of hydrogen-bond acceptors (Lipinski definition) is 4. The first-order chi connectivity index (χ1) is 12.7. The first-order valence-electron chi connectivity index (χ1n) is 8.16. The molecular weight excluding hydrogens is 363 g/mol. The molecule has 0 aliphatic heterocycles. The van der Waals surface area contributed by atoms with Crippen molar-refractivity contribution in [2.75, 3.05) is 20.3 Å². The monoisotopic (exact) mass is 383 g/mol. The average molecular weight is 383 g/mol. The number of amides is 1. The Morgan fingerprint density at radius 2 is 1.96 bits per heavy atom. The predicted octanol–water partition coefficient (Wildman–Crippen LogP) is 3.00. The maximum Gasteiger partial charge on any atom is 0.416 e. The number of aromatic hydroxyl groups is 1. The molecule has 0 aliphatic carbocycles. The summed E-state index contributed by atoms with van der Waals surface area (Å²) in [6.45, 7) is -0.173. The fourth-order valence-electron chi connectivity index (χ4n) is 2.57. The summed E-state index contributed by atoms with van der Waals surface area (Å²) in [5, 5.41) is 21.8. The third-order valence-electron chi connectivity index (χ3n) is 4.03. The third-order valence-corrected chi connectivity index (χ3v) is 4.03. The molecule has 0 spiro atoms. The molecule has 2 aromatic carbocycles. The molecule has 8 heteroatoms. The molecule has 0 heterocycles. The van der Waals surface area contributed by atoms with Crippen molar-refractivity contribution in [1.82, 2.24) is 5.32 Å². The molecule has 3 N–H and O–H groups in total. The van der Waals surface area contributed by atoms with Crippen LogP contribution in [0.1, 0.15) is 21.5 Å². The van der Waals surface area contributed by atoms with Crippen molar-refractivity contribution in [2.24, 2.45) is 5.92 Å². The van der Waals surface area contributed by atoms with Gasteiger partial charge in [-0.2, -0.15) is 13.2 Å². The van der Waals surface area contributed by atoms with Gasteiger partial charge in [-0.1, -0.05) is 12.1 Å². The molecule has 0 bridgehead atoms. The van der Waals surface area contributed by atoms with E-state index in [4.69, 9.17) is 4.74 Å². The maximum absolute atomic E-state index is 12.7. The zero-order valence-corrected chi connectivity index (χ0v) is 14.6. The van der Waals surface area contributed by atoms with Gasteiger partial charge in [0.05, 0.1) is 12.7 Å². The molecule has 0 saturated heterocycles. The molecule has 0 radical (unpaired) electrons. The fourth-order valence-corrected chi connectivity index (χ4v) is 2.57. The molecule has 2 aromatic rings. The van der Waals surface area contributed by atoms with Crippen LogP contribution in [0.5, 0.6) is 11.5 Å². The van der Waals surface area contributed by atoms with Gasteiger partial charge in [0.15, 0.2) is 11.5 Å². The van der Waals surface area contributed by atoms with Gasteiger partial charge in [0, 0.05) is 24.6 Å². The largest absolute Gasteiger partial charge is 0.504 e. The number of nitrogens with one attached hydrogen (secondary N) is 1. The van der Waals surface area contributed by atoms with Gasteiger partial charge in [-0.05, 0) is 42.3 Å². The zero-order valence-electron chi connectivity index (χ0n) is 14.6. The second-order valence-electron chi connectivity index (χ2n) is 6.05. The van der Waals surface area contributed by atoms with E-state index in [2.05, 4.69) is 5.32 Å². The van der Waals surface area contributed by atoms with E-state index in [-0.39, 0.29) is 30.4 Å². The highest BCUT2D eigenvalue weighted by molar-refractivity contribution is 5.94. The van der Waals surface area contributed by atoms with E-state index in [0.717, 1.165) is 17.7 Å². The number of aliphatic hydroxyl groups excluding tert-OH is 1. The topological polar surface area (TPSA) is 78.8 Å². The Labute approximate surface area is 154 Å². The highest BCUT2D eigenvalue weighted by atomic mass is 19.4. The first-order valence-corrected chi connectivity index (χ1v) is 8.16. The number of benzene rings is 2. The lowest BCUT2D eigenvalue weighted by Crippen LogP contribution is -2.32. The predicted molar refractivity (Wildman–Crippen MR) is 92.7 cm³/mol. The number of methoxy groups -OCH3 is 1. The molecule has 2 rings (SSSR count). The molecule has 0 unspecified atom stereocenters. The van der Waals surface area contributed by atoms with Crippen LogP contribution in [0.2, 0.25) is 0 Å². The minimum absolute atomic E-state index is 0.0420. The zero-order chi connectivity index (χ0) is 20.0. The molecule has 0 aliphatic rings. The Morgan fingerprint density at radius 1 is 1.22 bits per heavy atom. The van der Waals surface area contributed by atoms with Gasteiger partial charge in [-0.25, -0.2) is 0 Å². The Bertz CT molecular complexity index is 793. The minimum Gasteiger partial charge on any atom is -0.504 e. The second-order valence-corrected chi connectivity index (χ2v) is 6.05. The molecule has 146 valence electrons. The number of phenols is 1. The lowest BCUT2D eigenvalue weighted by atomic mass is 9.99. The van der Waals surface area contributed by atoms with Crippen LogP contribution < -0.4 is 10.1 Å². The smallest absolute Gasteiger partial charge is 0.416 e. The molecule has 0 aromatic heterocycles. The molecule has 0 fully saturated rings. The summed E-state index contributed by atoms with van der Waals surface area (Å²) >= 11 is 0. The quantitative estimate of drug-likeness (QED) is 0.687. The summed E-state index contributed by atoms with van der Waals surface area (Å²) < 4.78 is 43.2. The van der Waals surface area contributed by atoms with Gasteiger partial charge < -0.3 is 20.3 Å². The number of hydrogen-bond donors (Lipinski definition) is 3. The van der Waals surface area contributed by atoms with Crippen LogP contribution in [0.4, 0.5) is 13.2 Å². The minimum atomic E-state index is -4.53. The van der Waals surface area contributed by atoms with Gasteiger partial charge in [0.1, 0.15) is 0 Å². The van der Waals surface area contributed by atoms with Crippen LogP contribution >= 0.6 is 0 Å². The average Bonchev–Trinajstić information content (AvgIpc) is 2.64. The van der Waals surface area contributed by atoms with Gasteiger partial charge in [-0.3, -0.25) is 4.79 Å². The van der Waals surface area contributed by atoms with E-state index in [0.29, 0.717) is 12.2 Å². The fraction of sp³-hybridized carbons (Fsp3) is 0.316. The first kappa shape index (κ1) is 20.6. The summed E-state index contributed by atoms with van der Waals surface area (Å²) in [5.74, 6) is -0.749. The Balaban J connectivity index is 1.99. The molecular formula is C19H20F3NO4. The van der Waals surface area contributed by atoms with Gasteiger partial charge in [0.25, 0.3) is 5.91 Å². The summed E-state index contributed by atoms with van der Waals surface area (Å²) in [7, 11) is 1.43. The van der Waals surface area contributed by atoms with Crippen molar-refractivity contribution in [3.05, 3.63) is 59.2 Å². The second kappa shape index (κ2) is 8.77. The number of ether oxygens (including phenoxy) is 1. The summed E-state index contributed by atoms with van der Waals surface area (Å²) in [6, 6.07) is 8.93. The number of aliphatic hydroxyl groups is 1. The van der Waals surface area contributed by atoms with E-state index in [1.54, 1.807) is 12.1 Å². The van der Waals surface area contributed by atoms with Crippen LogP contribution in [-0.2, 0) is 12.6 Å². The summed E-state index contributed by atoms with van der Waals surface area (Å²) in [4.78, 5) is 12.1. The van der Waals surface area contributed by atoms with Crippen molar-refractivity contribution in [1.29, 1.82) is 0 Å². The van der Waals surface area contributed by atoms with E-state index >= 15 is 0 Å². The number of halogens is 3. The van der Waals surface area contributed by atoms with Gasteiger partial charge in [0.2, 0.25) is 0 Å². The molecule has 5 nitrogen and oxygen atoms in total. The highest BCUT2D eigenvalue weighted by Crippen LogP contribution is 2.29. The molecule has 1 amide bonds. The van der Waals surface area contributed by atoms with E-state index in [9.17, 15) is 28.2 Å². The lowest BCUT2D eigenvalue weighted by molar-refractivity contribution is -0.137. The lowest BCUT2D eigenvalue weighted by Gasteiger charge is -2.16. The Kier molecular flexibility index (Phi) is 6.68. The third kappa shape index (κ3) is 5.62. The number of phenolic OH excluding ortho intramolecular Hbond substituents is 1. The van der Waals surface area contributed by atoms with Gasteiger partial charge >= 0.3 is 6.18 Å². The molecule has 27 heavy (non-hydrogen) atoms. The van der Waals surface area contributed by atoms with Crippen LogP contribution in [0.15, 0.2) is 42.5 Å². The normalized spacial score (nSPS) is 12.5. The SMILES string of the molecule is COc1ccc(C[C@H](CO)CNC(=O)c2cccc(C(F)(F)F)c2)cc1O. The van der Waals surface area contributed by atoms with Crippen LogP contribution in [0.25, 0.3) is 0 Å². The van der Waals surface area contributed by atoms with Crippen LogP contribution in [0.3, 0.4) is 0 Å². The van der Waals surface area contributed by atoms with Gasteiger partial charge in [-0.15, -0.1) is 0 Å². The summed E-state index contributed by atoms with van der Waals surface area (Å²) in [5.41, 5.74) is -0.285. The Morgan fingerprint density at radius 3 is 2.56 bits per heavy atom. The number of carbonyl (C=O) groups is 1. The standard InChI is InChI=1S/C19H20F3NO4/c1-27-17-6-5-12(8-16(17)25)7-13(11-24)10-23-18(26)14-3-2-4-15(9-14)19(20,21)22/h2-6,8-9,13,24-25H,7,10-11H2,1H3,(H,23,26)/t13-/m0/s1. The van der Waals surface area contributed by atoms with Crippen molar-refractivity contribution >= 4 is 5.91 Å². The highest BCUT2D eigenvalue weighted by Gasteiger charge is 2.30. The van der Waals surface area contributed by atoms with Crippen molar-refractivity contribution < 1.29 is 32.9 Å². The van der Waals surface area contributed by atoms with Crippen LogP contribution in [-0.4, -0.2) is 36.4 Å². The molecule has 1 atom stereocenters. The van der Waals surface area contributed by atoms with Crippen molar-refractivity contribution in [3.8, 4) is 11.5 Å². The molecule has 0 saturated carbocycles. The van der Waals surface area contributed by atoms with Crippen molar-refractivity contribution in [3.63, 3.8) is 0 Å². The Hall–Kier alpha value is -2.74. The summed E-state index contributed by atoms with van der Waals surface area (Å²) in [6.07, 6.45) is -4.17. The number of alkyl halides is 3. The maximum atomic E-state index is 12.7. The van der Waals surface area contributed by atoms with E-state index in [1.807, 2.05) is 0 Å².